The van der Waals surface area contributed by atoms with Gasteiger partial charge in [-0.2, -0.15) is 18.3 Å². The Balaban J connectivity index is 1.44. The predicted molar refractivity (Wildman–Crippen MR) is 108 cm³/mol. The van der Waals surface area contributed by atoms with Crippen molar-refractivity contribution >= 4 is 5.91 Å². The Hall–Kier alpha value is -3.30. The first-order valence-corrected chi connectivity index (χ1v) is 10.2. The van der Waals surface area contributed by atoms with Crippen molar-refractivity contribution < 1.29 is 27.2 Å². The van der Waals surface area contributed by atoms with Gasteiger partial charge in [-0.1, -0.05) is 11.2 Å². The lowest BCUT2D eigenvalue weighted by atomic mass is 10.1. The zero-order chi connectivity index (χ0) is 23.0. The van der Waals surface area contributed by atoms with Gasteiger partial charge in [0.2, 0.25) is 0 Å². The number of nitrogens with zero attached hydrogens (tertiary/aromatic N) is 4. The molecule has 10 heteroatoms. The van der Waals surface area contributed by atoms with E-state index in [9.17, 15) is 18.0 Å². The van der Waals surface area contributed by atoms with E-state index >= 15 is 0 Å². The number of benzene rings is 1. The van der Waals surface area contributed by atoms with Gasteiger partial charge in [0.1, 0.15) is 12.4 Å². The Morgan fingerprint density at radius 1 is 1.28 bits per heavy atom. The Kier molecular flexibility index (Phi) is 5.70. The van der Waals surface area contributed by atoms with Crippen molar-refractivity contribution in [1.29, 1.82) is 0 Å². The topological polar surface area (TPSA) is 73.4 Å². The second-order valence-electron chi connectivity index (χ2n) is 7.93. The number of hydrogen-bond donors (Lipinski definition) is 0. The highest BCUT2D eigenvalue weighted by Gasteiger charge is 2.35. The van der Waals surface area contributed by atoms with Gasteiger partial charge < -0.3 is 14.2 Å². The zero-order valence-corrected chi connectivity index (χ0v) is 17.9. The van der Waals surface area contributed by atoms with Crippen molar-refractivity contribution in [3.63, 3.8) is 0 Å². The Labute approximate surface area is 182 Å². The first-order valence-electron chi connectivity index (χ1n) is 10.2. The van der Waals surface area contributed by atoms with E-state index in [2.05, 4.69) is 10.3 Å². The Morgan fingerprint density at radius 2 is 2.03 bits per heavy atom. The van der Waals surface area contributed by atoms with Crippen LogP contribution in [-0.4, -0.2) is 31.8 Å². The highest BCUT2D eigenvalue weighted by molar-refractivity contribution is 5.92. The molecule has 1 amide bonds. The molecule has 1 aromatic carbocycles. The normalized spacial score (nSPS) is 13.9. The van der Waals surface area contributed by atoms with Crippen LogP contribution in [0.15, 0.2) is 34.9 Å². The number of aromatic nitrogens is 3. The average Bonchev–Trinajstić information content (AvgIpc) is 3.42. The summed E-state index contributed by atoms with van der Waals surface area (Å²) in [6, 6.07) is 6.18. The summed E-state index contributed by atoms with van der Waals surface area (Å²) < 4.78 is 50.9. The third-order valence-corrected chi connectivity index (χ3v) is 5.56. The summed E-state index contributed by atoms with van der Waals surface area (Å²) in [4.78, 5) is 14.9. The maximum absolute atomic E-state index is 13.1. The molecular formula is C22H23F3N4O3. The number of alkyl halides is 3. The summed E-state index contributed by atoms with van der Waals surface area (Å²) in [5, 5.41) is 8.27. The first kappa shape index (κ1) is 21.9. The van der Waals surface area contributed by atoms with Gasteiger partial charge in [0.05, 0.1) is 11.3 Å². The standard InChI is InChI=1S/C22H23F3N4O3/c1-13-19(14(2)28(3)26-13)11-29(16-7-8-16)21(30)20-10-18(32-27-20)12-31-17-6-4-5-15(9-17)22(23,24)25/h4-6,9-10,16H,7-8,11-12H2,1-3H3. The molecule has 2 heterocycles. The first-order chi connectivity index (χ1) is 15.1. The molecule has 0 radical (unpaired) electrons. The van der Waals surface area contributed by atoms with Crippen molar-refractivity contribution in [1.82, 2.24) is 19.8 Å². The minimum absolute atomic E-state index is 0.0474. The molecule has 0 spiro atoms. The molecule has 1 saturated carbocycles. The molecule has 170 valence electrons. The highest BCUT2D eigenvalue weighted by atomic mass is 19.4. The summed E-state index contributed by atoms with van der Waals surface area (Å²) in [7, 11) is 1.86. The second-order valence-corrected chi connectivity index (χ2v) is 7.93. The van der Waals surface area contributed by atoms with Gasteiger partial charge in [0.15, 0.2) is 11.5 Å². The molecular weight excluding hydrogens is 425 g/mol. The van der Waals surface area contributed by atoms with Gasteiger partial charge in [-0.05, 0) is 44.9 Å². The van der Waals surface area contributed by atoms with Gasteiger partial charge in [-0.25, -0.2) is 0 Å². The smallest absolute Gasteiger partial charge is 0.416 e. The Morgan fingerprint density at radius 3 is 2.66 bits per heavy atom. The number of halogens is 3. The molecule has 1 aliphatic rings. The molecule has 0 unspecified atom stereocenters. The van der Waals surface area contributed by atoms with E-state index in [1.807, 2.05) is 20.9 Å². The number of ether oxygens (including phenoxy) is 1. The van der Waals surface area contributed by atoms with Gasteiger partial charge in [-0.3, -0.25) is 9.48 Å². The second kappa shape index (κ2) is 8.33. The van der Waals surface area contributed by atoms with E-state index < -0.39 is 11.7 Å². The minimum Gasteiger partial charge on any atom is -0.486 e. The molecule has 0 N–H and O–H groups in total. The molecule has 7 nitrogen and oxygen atoms in total. The molecule has 0 atom stereocenters. The predicted octanol–water partition coefficient (Wildman–Crippen LogP) is 4.43. The van der Waals surface area contributed by atoms with E-state index in [1.165, 1.54) is 18.2 Å². The summed E-state index contributed by atoms with van der Waals surface area (Å²) >= 11 is 0. The molecule has 32 heavy (non-hydrogen) atoms. The monoisotopic (exact) mass is 448 g/mol. The van der Waals surface area contributed by atoms with Gasteiger partial charge >= 0.3 is 6.18 Å². The van der Waals surface area contributed by atoms with Crippen LogP contribution in [-0.2, 0) is 26.4 Å². The largest absolute Gasteiger partial charge is 0.486 e. The maximum Gasteiger partial charge on any atom is 0.416 e. The fourth-order valence-corrected chi connectivity index (χ4v) is 3.52. The van der Waals surface area contributed by atoms with E-state index in [-0.39, 0.29) is 35.8 Å². The van der Waals surface area contributed by atoms with Gasteiger partial charge in [0, 0.05) is 37.0 Å². The lowest BCUT2D eigenvalue weighted by Gasteiger charge is -2.21. The fourth-order valence-electron chi connectivity index (χ4n) is 3.52. The van der Waals surface area contributed by atoms with Gasteiger partial charge in [-0.15, -0.1) is 0 Å². The zero-order valence-electron chi connectivity index (χ0n) is 17.9. The average molecular weight is 448 g/mol. The third-order valence-electron chi connectivity index (χ3n) is 5.56. The number of rotatable bonds is 7. The van der Waals surface area contributed by atoms with Crippen LogP contribution >= 0.6 is 0 Å². The molecule has 2 aromatic heterocycles. The SMILES string of the molecule is Cc1nn(C)c(C)c1CN(C(=O)c1cc(COc2cccc(C(F)(F)F)c2)on1)C1CC1. The van der Waals surface area contributed by atoms with Crippen LogP contribution < -0.4 is 4.74 Å². The minimum atomic E-state index is -4.46. The number of aryl methyl sites for hydroxylation is 2. The van der Waals surface area contributed by atoms with Crippen molar-refractivity contribution in [2.75, 3.05) is 0 Å². The molecule has 0 aliphatic heterocycles. The van der Waals surface area contributed by atoms with Crippen LogP contribution in [0.5, 0.6) is 5.75 Å². The molecule has 4 rings (SSSR count). The maximum atomic E-state index is 13.1. The highest BCUT2D eigenvalue weighted by Crippen LogP contribution is 2.32. The fraction of sp³-hybridized carbons (Fsp3) is 0.409. The van der Waals surface area contributed by atoms with E-state index in [1.54, 1.807) is 9.58 Å². The summed E-state index contributed by atoms with van der Waals surface area (Å²) in [5.74, 6) is 0.0331. The van der Waals surface area contributed by atoms with Crippen molar-refractivity contribution in [3.8, 4) is 5.75 Å². The number of amides is 1. The van der Waals surface area contributed by atoms with Gasteiger partial charge in [0.25, 0.3) is 5.91 Å². The number of carbonyl (C=O) groups is 1. The summed E-state index contributed by atoms with van der Waals surface area (Å²) in [6.45, 7) is 4.16. The van der Waals surface area contributed by atoms with Crippen LogP contribution in [0.3, 0.4) is 0 Å². The van der Waals surface area contributed by atoms with Crippen LogP contribution in [0, 0.1) is 13.8 Å². The van der Waals surface area contributed by atoms with Crippen molar-refractivity contribution in [2.24, 2.45) is 7.05 Å². The molecule has 1 aliphatic carbocycles. The quantitative estimate of drug-likeness (QED) is 0.535. The van der Waals surface area contributed by atoms with Crippen LogP contribution in [0.1, 0.15) is 51.6 Å². The molecule has 0 bridgehead atoms. The van der Waals surface area contributed by atoms with Crippen LogP contribution in [0.4, 0.5) is 13.2 Å². The number of hydrogen-bond acceptors (Lipinski definition) is 5. The van der Waals surface area contributed by atoms with Crippen LogP contribution in [0.25, 0.3) is 0 Å². The van der Waals surface area contributed by atoms with Crippen molar-refractivity contribution in [3.05, 3.63) is 64.3 Å². The Bertz CT molecular complexity index is 1130. The molecule has 3 aromatic rings. The summed E-state index contributed by atoms with van der Waals surface area (Å²) in [5.41, 5.74) is 2.21. The van der Waals surface area contributed by atoms with Crippen molar-refractivity contribution in [2.45, 2.75) is 52.1 Å². The lowest BCUT2D eigenvalue weighted by molar-refractivity contribution is -0.137. The number of carbonyl (C=O) groups excluding carboxylic acids is 1. The lowest BCUT2D eigenvalue weighted by Crippen LogP contribution is -2.33. The molecule has 1 fully saturated rings. The van der Waals surface area contributed by atoms with E-state index in [0.717, 1.165) is 41.9 Å². The third kappa shape index (κ3) is 4.63. The van der Waals surface area contributed by atoms with Crippen LogP contribution in [0.2, 0.25) is 0 Å². The summed E-state index contributed by atoms with van der Waals surface area (Å²) in [6.07, 6.45) is -2.61. The van der Waals surface area contributed by atoms with E-state index in [0.29, 0.717) is 6.54 Å². The van der Waals surface area contributed by atoms with E-state index in [4.69, 9.17) is 9.26 Å². The molecule has 0 saturated heterocycles.